The fourth-order valence-electron chi connectivity index (χ4n) is 3.25. The Hall–Kier alpha value is -2.41. The standard InChI is InChI=1S/C21H26N2O4/c22-9-11-25-13-14-26-12-10-23-21(24)27-15-20-18-7-3-1-5-16(18)17-6-2-4-8-19(17)20/h1-8,20H,9-15,22H2,(H,23,24)/p-1. The van der Waals surface area contributed by atoms with Crippen molar-refractivity contribution >= 4 is 6.08 Å². The molecule has 1 aliphatic rings. The predicted octanol–water partition coefficient (Wildman–Crippen LogP) is 1.52. The highest BCUT2D eigenvalue weighted by molar-refractivity contribution is 5.78. The lowest BCUT2D eigenvalue weighted by Crippen LogP contribution is -2.25. The van der Waals surface area contributed by atoms with E-state index in [1.165, 1.54) is 22.3 Å². The van der Waals surface area contributed by atoms with Gasteiger partial charge in [0.15, 0.2) is 0 Å². The van der Waals surface area contributed by atoms with Crippen LogP contribution in [0.25, 0.3) is 11.1 Å². The van der Waals surface area contributed by atoms with Gasteiger partial charge in [-0.2, -0.15) is 0 Å². The molecule has 2 aromatic carbocycles. The first-order valence-corrected chi connectivity index (χ1v) is 9.19. The van der Waals surface area contributed by atoms with E-state index in [4.69, 9.17) is 19.9 Å². The van der Waals surface area contributed by atoms with Gasteiger partial charge in [-0.25, -0.2) is 0 Å². The van der Waals surface area contributed by atoms with E-state index in [2.05, 4.69) is 29.3 Å². The largest absolute Gasteiger partial charge is 0.599 e. The second-order valence-electron chi connectivity index (χ2n) is 6.20. The van der Waals surface area contributed by atoms with Gasteiger partial charge in [-0.1, -0.05) is 48.5 Å². The lowest BCUT2D eigenvalue weighted by Gasteiger charge is -2.21. The number of nitrogens with two attached hydrogens (primary N) is 1. The van der Waals surface area contributed by atoms with E-state index in [9.17, 15) is 5.11 Å². The summed E-state index contributed by atoms with van der Waals surface area (Å²) in [5, 5.41) is 11.9. The van der Waals surface area contributed by atoms with Gasteiger partial charge in [0.2, 0.25) is 0 Å². The molecule has 0 heterocycles. The highest BCUT2D eigenvalue weighted by Gasteiger charge is 2.26. The Morgan fingerprint density at radius 2 is 1.48 bits per heavy atom. The van der Waals surface area contributed by atoms with Crippen LogP contribution in [0.5, 0.6) is 0 Å². The van der Waals surface area contributed by atoms with E-state index >= 15 is 0 Å². The molecule has 0 spiro atoms. The third-order valence-electron chi connectivity index (χ3n) is 4.45. The maximum atomic E-state index is 11.9. The van der Waals surface area contributed by atoms with E-state index in [-0.39, 0.29) is 19.1 Å². The first kappa shape index (κ1) is 19.4. The normalized spacial score (nSPS) is 13.4. The molecule has 144 valence electrons. The minimum absolute atomic E-state index is 0.0486. The molecule has 0 amide bonds. The number of nitrogens with zero attached hydrogens (tertiary/aromatic N) is 1. The number of aliphatic imine (C=N–C) groups is 1. The van der Waals surface area contributed by atoms with Crippen molar-refractivity contribution in [2.75, 3.05) is 46.1 Å². The summed E-state index contributed by atoms with van der Waals surface area (Å²) < 4.78 is 15.9. The van der Waals surface area contributed by atoms with Crippen LogP contribution in [0.1, 0.15) is 17.0 Å². The van der Waals surface area contributed by atoms with Crippen LogP contribution in [0.15, 0.2) is 53.5 Å². The number of ether oxygens (including phenoxy) is 3. The summed E-state index contributed by atoms with van der Waals surface area (Å²) in [7, 11) is 0. The molecule has 6 heteroatoms. The zero-order valence-electron chi connectivity index (χ0n) is 15.3. The lowest BCUT2D eigenvalue weighted by atomic mass is 9.98. The molecule has 6 nitrogen and oxygen atoms in total. The number of benzene rings is 2. The first-order valence-electron chi connectivity index (χ1n) is 9.19. The smallest absolute Gasteiger partial charge is 0.145 e. The Balaban J connectivity index is 1.47. The average Bonchev–Trinajstić information content (AvgIpc) is 3.02. The molecule has 0 bridgehead atoms. The minimum atomic E-state index is -0.556. The molecule has 2 N–H and O–H groups in total. The molecule has 3 rings (SSSR count). The Labute approximate surface area is 159 Å². The quantitative estimate of drug-likeness (QED) is 0.390. The van der Waals surface area contributed by atoms with Crippen molar-refractivity contribution in [3.8, 4) is 11.1 Å². The van der Waals surface area contributed by atoms with E-state index in [0.717, 1.165) is 0 Å². The molecule has 0 radical (unpaired) electrons. The predicted molar refractivity (Wildman–Crippen MR) is 103 cm³/mol. The van der Waals surface area contributed by atoms with E-state index in [0.29, 0.717) is 33.0 Å². The molecule has 0 saturated heterocycles. The fraction of sp³-hybridized carbons (Fsp3) is 0.381. The van der Waals surface area contributed by atoms with Crippen LogP contribution in [0, 0.1) is 0 Å². The molecule has 1 aliphatic carbocycles. The number of fused-ring (bicyclic) bond motifs is 3. The molecule has 0 fully saturated rings. The monoisotopic (exact) mass is 369 g/mol. The molecule has 0 aliphatic heterocycles. The minimum Gasteiger partial charge on any atom is -0.599 e. The maximum absolute atomic E-state index is 11.9. The molecule has 2 aromatic rings. The molecule has 0 unspecified atom stereocenters. The van der Waals surface area contributed by atoms with Crippen molar-refractivity contribution in [2.24, 2.45) is 10.7 Å². The summed E-state index contributed by atoms with van der Waals surface area (Å²) in [5.41, 5.74) is 10.1. The molecule has 0 aromatic heterocycles. The average molecular weight is 369 g/mol. The summed E-state index contributed by atoms with van der Waals surface area (Å²) >= 11 is 0. The van der Waals surface area contributed by atoms with E-state index < -0.39 is 6.08 Å². The molecule has 0 saturated carbocycles. The van der Waals surface area contributed by atoms with Gasteiger partial charge in [-0.15, -0.1) is 0 Å². The van der Waals surface area contributed by atoms with Crippen molar-refractivity contribution in [1.82, 2.24) is 0 Å². The molecule has 0 atom stereocenters. The molecule has 27 heavy (non-hydrogen) atoms. The summed E-state index contributed by atoms with van der Waals surface area (Å²) in [5.74, 6) is 0.0486. The van der Waals surface area contributed by atoms with Gasteiger partial charge in [0.05, 0.1) is 33.0 Å². The van der Waals surface area contributed by atoms with Crippen LogP contribution in [-0.4, -0.2) is 52.2 Å². The molecular formula is C21H25N2O4-. The van der Waals surface area contributed by atoms with Crippen LogP contribution < -0.4 is 10.8 Å². The van der Waals surface area contributed by atoms with Crippen molar-refractivity contribution in [3.63, 3.8) is 0 Å². The van der Waals surface area contributed by atoms with Crippen molar-refractivity contribution in [1.29, 1.82) is 0 Å². The zero-order chi connectivity index (χ0) is 18.9. The highest BCUT2D eigenvalue weighted by Crippen LogP contribution is 2.44. The Kier molecular flexibility index (Phi) is 7.21. The van der Waals surface area contributed by atoms with Crippen LogP contribution >= 0.6 is 0 Å². The third kappa shape index (κ3) is 5.07. The summed E-state index contributed by atoms with van der Waals surface area (Å²) in [6, 6.07) is 16.5. The van der Waals surface area contributed by atoms with Crippen molar-refractivity contribution < 1.29 is 19.3 Å². The Morgan fingerprint density at radius 1 is 0.889 bits per heavy atom. The SMILES string of the molecule is NCCOCCOCCN=C([O-])OCC1c2ccccc2-c2ccccc21. The van der Waals surface area contributed by atoms with Crippen LogP contribution in [0.4, 0.5) is 0 Å². The number of hydrogen-bond donors (Lipinski definition) is 1. The van der Waals surface area contributed by atoms with Crippen LogP contribution in [-0.2, 0) is 14.2 Å². The molecular weight excluding hydrogens is 344 g/mol. The summed E-state index contributed by atoms with van der Waals surface area (Å²) in [4.78, 5) is 3.88. The lowest BCUT2D eigenvalue weighted by molar-refractivity contribution is -0.251. The number of hydrogen-bond acceptors (Lipinski definition) is 6. The Bertz CT molecular complexity index is 718. The van der Waals surface area contributed by atoms with Gasteiger partial charge in [0.1, 0.15) is 6.08 Å². The van der Waals surface area contributed by atoms with Gasteiger partial charge >= 0.3 is 0 Å². The maximum Gasteiger partial charge on any atom is 0.145 e. The van der Waals surface area contributed by atoms with Crippen molar-refractivity contribution in [3.05, 3.63) is 59.7 Å². The van der Waals surface area contributed by atoms with Gasteiger partial charge in [-0.05, 0) is 22.3 Å². The van der Waals surface area contributed by atoms with Crippen molar-refractivity contribution in [2.45, 2.75) is 5.92 Å². The van der Waals surface area contributed by atoms with Gasteiger partial charge in [-0.3, -0.25) is 4.99 Å². The summed E-state index contributed by atoms with van der Waals surface area (Å²) in [6.07, 6.45) is -0.556. The van der Waals surface area contributed by atoms with Crippen LogP contribution in [0.3, 0.4) is 0 Å². The topological polar surface area (TPSA) is 89.1 Å². The zero-order valence-corrected chi connectivity index (χ0v) is 15.3. The van der Waals surface area contributed by atoms with E-state index in [1.54, 1.807) is 0 Å². The van der Waals surface area contributed by atoms with E-state index in [1.807, 2.05) is 24.3 Å². The second kappa shape index (κ2) is 10.1. The van der Waals surface area contributed by atoms with Gasteiger partial charge < -0.3 is 25.1 Å². The summed E-state index contributed by atoms with van der Waals surface area (Å²) in [6.45, 7) is 2.88. The highest BCUT2D eigenvalue weighted by atomic mass is 16.6. The second-order valence-corrected chi connectivity index (χ2v) is 6.20. The Morgan fingerprint density at radius 3 is 2.11 bits per heavy atom. The third-order valence-corrected chi connectivity index (χ3v) is 4.45. The number of rotatable bonds is 10. The fourth-order valence-corrected chi connectivity index (χ4v) is 3.25. The van der Waals surface area contributed by atoms with Crippen LogP contribution in [0.2, 0.25) is 0 Å². The van der Waals surface area contributed by atoms with Gasteiger partial charge in [0.25, 0.3) is 0 Å². The first-order chi connectivity index (χ1) is 13.3. The van der Waals surface area contributed by atoms with Gasteiger partial charge in [0, 0.05) is 19.1 Å².